The highest BCUT2D eigenvalue weighted by Crippen LogP contribution is 2.21. The van der Waals surface area contributed by atoms with Crippen molar-refractivity contribution in [1.29, 1.82) is 5.26 Å². The lowest BCUT2D eigenvalue weighted by molar-refractivity contribution is 0.947. The fourth-order valence-electron chi connectivity index (χ4n) is 1.36. The van der Waals surface area contributed by atoms with Crippen LogP contribution in [0.3, 0.4) is 0 Å². The first kappa shape index (κ1) is 11.6. The molecule has 0 unspecified atom stereocenters. The zero-order valence-corrected chi connectivity index (χ0v) is 10.5. The molecule has 0 aliphatic rings. The van der Waals surface area contributed by atoms with Crippen LogP contribution in [0.5, 0.6) is 0 Å². The topological polar surface area (TPSA) is 61.6 Å². The number of aromatic nitrogens is 2. The molecular weight excluding hydrogens is 280 g/mol. The summed E-state index contributed by atoms with van der Waals surface area (Å²) in [5.74, 6) is 0.691. The molecule has 2 aromatic rings. The van der Waals surface area contributed by atoms with E-state index in [4.69, 9.17) is 5.26 Å². The minimum absolute atomic E-state index is 0.492. The van der Waals surface area contributed by atoms with Crippen molar-refractivity contribution in [2.24, 2.45) is 0 Å². The van der Waals surface area contributed by atoms with Gasteiger partial charge in [0.2, 0.25) is 0 Å². The van der Waals surface area contributed by atoms with Gasteiger partial charge in [-0.3, -0.25) is 0 Å². The lowest BCUT2D eigenvalue weighted by atomic mass is 10.2. The Bertz CT molecular complexity index is 548. The molecule has 17 heavy (non-hydrogen) atoms. The highest BCUT2D eigenvalue weighted by Gasteiger charge is 2.03. The Balaban J connectivity index is 2.14. The Kier molecular flexibility index (Phi) is 3.68. The maximum atomic E-state index is 8.97. The molecule has 1 N–H and O–H groups in total. The molecule has 5 heteroatoms. The smallest absolute Gasteiger partial charge is 0.147 e. The van der Waals surface area contributed by atoms with Gasteiger partial charge in [-0.15, -0.1) is 0 Å². The number of nitriles is 1. The van der Waals surface area contributed by atoms with Gasteiger partial charge in [-0.2, -0.15) is 5.26 Å². The molecule has 4 nitrogen and oxygen atoms in total. The summed E-state index contributed by atoms with van der Waals surface area (Å²) in [7, 11) is 0. The predicted molar refractivity (Wildman–Crippen MR) is 68.2 cm³/mol. The number of anilines is 1. The number of rotatable bonds is 3. The quantitative estimate of drug-likeness (QED) is 0.943. The van der Waals surface area contributed by atoms with E-state index >= 15 is 0 Å². The van der Waals surface area contributed by atoms with Crippen molar-refractivity contribution in [2.75, 3.05) is 5.32 Å². The minimum Gasteiger partial charge on any atom is -0.377 e. The van der Waals surface area contributed by atoms with Gasteiger partial charge in [0.1, 0.15) is 11.9 Å². The van der Waals surface area contributed by atoms with E-state index in [1.54, 1.807) is 24.5 Å². The van der Waals surface area contributed by atoms with Gasteiger partial charge in [0.15, 0.2) is 0 Å². The molecule has 0 saturated heterocycles. The molecule has 0 saturated carbocycles. The summed E-state index contributed by atoms with van der Waals surface area (Å²) in [5, 5.41) is 12.1. The number of hydrogen-bond acceptors (Lipinski definition) is 4. The van der Waals surface area contributed by atoms with Crippen LogP contribution in [0.15, 0.2) is 41.1 Å². The molecule has 0 radical (unpaired) electrons. The third-order valence-corrected chi connectivity index (χ3v) is 2.65. The molecule has 2 rings (SSSR count). The number of halogens is 1. The van der Waals surface area contributed by atoms with E-state index in [9.17, 15) is 0 Å². The van der Waals surface area contributed by atoms with Crippen molar-refractivity contribution in [3.8, 4) is 6.07 Å². The molecule has 0 fully saturated rings. The number of nitrogens with zero attached hydrogens (tertiary/aromatic N) is 3. The largest absolute Gasteiger partial charge is 0.377 e. The average Bonchev–Trinajstić information content (AvgIpc) is 2.38. The molecular formula is C12H9BrN4. The first-order chi connectivity index (χ1) is 8.29. The van der Waals surface area contributed by atoms with Crippen LogP contribution in [0.2, 0.25) is 0 Å². The van der Waals surface area contributed by atoms with E-state index in [0.29, 0.717) is 17.9 Å². The first-order valence-corrected chi connectivity index (χ1v) is 5.78. The van der Waals surface area contributed by atoms with E-state index in [-0.39, 0.29) is 0 Å². The Morgan fingerprint density at radius 3 is 2.76 bits per heavy atom. The number of benzene rings is 1. The second kappa shape index (κ2) is 5.41. The fourth-order valence-corrected chi connectivity index (χ4v) is 1.72. The summed E-state index contributed by atoms with van der Waals surface area (Å²) in [5.41, 5.74) is 1.37. The lowest BCUT2D eigenvalue weighted by Crippen LogP contribution is -2.04. The normalized spacial score (nSPS) is 9.65. The summed E-state index contributed by atoms with van der Waals surface area (Å²) < 4.78 is 0.924. The zero-order valence-electron chi connectivity index (χ0n) is 8.89. The minimum atomic E-state index is 0.492. The van der Waals surface area contributed by atoms with Crippen molar-refractivity contribution >= 4 is 21.6 Å². The van der Waals surface area contributed by atoms with Crippen LogP contribution in [0, 0.1) is 11.3 Å². The summed E-state index contributed by atoms with van der Waals surface area (Å²) in [6.07, 6.45) is 3.38. The van der Waals surface area contributed by atoms with Gasteiger partial charge in [0, 0.05) is 16.9 Å². The van der Waals surface area contributed by atoms with Crippen LogP contribution in [0.1, 0.15) is 11.4 Å². The molecule has 0 aliphatic heterocycles. The predicted octanol–water partition coefficient (Wildman–Crippen LogP) is 2.72. The molecule has 1 aromatic carbocycles. The molecule has 0 amide bonds. The summed E-state index contributed by atoms with van der Waals surface area (Å²) in [4.78, 5) is 8.21. The zero-order chi connectivity index (χ0) is 12.1. The van der Waals surface area contributed by atoms with Gasteiger partial charge in [-0.05, 0) is 24.3 Å². The highest BCUT2D eigenvalue weighted by molar-refractivity contribution is 9.10. The standard InChI is InChI=1S/C12H9BrN4/c13-10-3-2-9(7-14)11(6-10)17-8-12-15-4-1-5-16-12/h1-6,17H,8H2. The van der Waals surface area contributed by atoms with Crippen molar-refractivity contribution in [3.63, 3.8) is 0 Å². The Morgan fingerprint density at radius 2 is 2.06 bits per heavy atom. The van der Waals surface area contributed by atoms with Crippen molar-refractivity contribution in [2.45, 2.75) is 6.54 Å². The van der Waals surface area contributed by atoms with Crippen LogP contribution in [-0.4, -0.2) is 9.97 Å². The van der Waals surface area contributed by atoms with Crippen LogP contribution < -0.4 is 5.32 Å². The summed E-state index contributed by atoms with van der Waals surface area (Å²) in [6.45, 7) is 0.492. The third kappa shape index (κ3) is 3.02. The monoisotopic (exact) mass is 288 g/mol. The van der Waals surface area contributed by atoms with E-state index in [0.717, 1.165) is 10.2 Å². The molecule has 0 bridgehead atoms. The Labute approximate surface area is 107 Å². The number of hydrogen-bond donors (Lipinski definition) is 1. The maximum absolute atomic E-state index is 8.97. The lowest BCUT2D eigenvalue weighted by Gasteiger charge is -2.07. The second-order valence-corrected chi connectivity index (χ2v) is 4.24. The van der Waals surface area contributed by atoms with Crippen LogP contribution in [0.25, 0.3) is 0 Å². The SMILES string of the molecule is N#Cc1ccc(Br)cc1NCc1ncccn1. The van der Waals surface area contributed by atoms with Crippen LogP contribution in [-0.2, 0) is 6.54 Å². The van der Waals surface area contributed by atoms with Gasteiger partial charge in [-0.25, -0.2) is 9.97 Å². The molecule has 1 heterocycles. The highest BCUT2D eigenvalue weighted by atomic mass is 79.9. The summed E-state index contributed by atoms with van der Waals surface area (Å²) >= 11 is 3.37. The first-order valence-electron chi connectivity index (χ1n) is 4.99. The van der Waals surface area contributed by atoms with Gasteiger partial charge in [0.25, 0.3) is 0 Å². The van der Waals surface area contributed by atoms with E-state index in [2.05, 4.69) is 37.3 Å². The Morgan fingerprint density at radius 1 is 1.29 bits per heavy atom. The van der Waals surface area contributed by atoms with Crippen molar-refractivity contribution in [3.05, 3.63) is 52.5 Å². The van der Waals surface area contributed by atoms with E-state index in [1.807, 2.05) is 12.1 Å². The van der Waals surface area contributed by atoms with E-state index < -0.39 is 0 Å². The second-order valence-electron chi connectivity index (χ2n) is 3.32. The third-order valence-electron chi connectivity index (χ3n) is 2.16. The van der Waals surface area contributed by atoms with Gasteiger partial charge >= 0.3 is 0 Å². The van der Waals surface area contributed by atoms with Crippen LogP contribution >= 0.6 is 15.9 Å². The Hall–Kier alpha value is -1.93. The molecule has 84 valence electrons. The van der Waals surface area contributed by atoms with E-state index in [1.165, 1.54) is 0 Å². The van der Waals surface area contributed by atoms with Crippen LogP contribution in [0.4, 0.5) is 5.69 Å². The molecule has 1 aromatic heterocycles. The van der Waals surface area contributed by atoms with Crippen molar-refractivity contribution in [1.82, 2.24) is 9.97 Å². The van der Waals surface area contributed by atoms with Gasteiger partial charge in [-0.1, -0.05) is 15.9 Å². The van der Waals surface area contributed by atoms with Crippen molar-refractivity contribution < 1.29 is 0 Å². The number of nitrogens with one attached hydrogen (secondary N) is 1. The summed E-state index contributed by atoms with van der Waals surface area (Å²) in [6, 6.07) is 9.36. The average molecular weight is 289 g/mol. The molecule has 0 spiro atoms. The molecule has 0 atom stereocenters. The van der Waals surface area contributed by atoms with Gasteiger partial charge in [0.05, 0.1) is 17.8 Å². The fraction of sp³-hybridized carbons (Fsp3) is 0.0833. The van der Waals surface area contributed by atoms with Gasteiger partial charge < -0.3 is 5.32 Å². The maximum Gasteiger partial charge on any atom is 0.147 e. The molecule has 0 aliphatic carbocycles.